The second kappa shape index (κ2) is 7.82. The Labute approximate surface area is 127 Å². The van der Waals surface area contributed by atoms with Gasteiger partial charge in [-0.3, -0.25) is 0 Å². The first-order valence-electron chi connectivity index (χ1n) is 6.71. The third kappa shape index (κ3) is 4.62. The average Bonchev–Trinajstić information content (AvgIpc) is 3.05. The van der Waals surface area contributed by atoms with Crippen molar-refractivity contribution < 1.29 is 19.1 Å². The molecule has 1 amide bonds. The van der Waals surface area contributed by atoms with E-state index < -0.39 is 18.1 Å². The van der Waals surface area contributed by atoms with Crippen molar-refractivity contribution in [3.05, 3.63) is 54.1 Å². The first kappa shape index (κ1) is 15.6. The molecule has 0 radical (unpaired) electrons. The number of hydrogen-bond acceptors (Lipinski definition) is 5. The molecule has 0 aliphatic heterocycles. The van der Waals surface area contributed by atoms with Crippen LogP contribution in [-0.2, 0) is 27.3 Å². The molecule has 1 heterocycles. The first-order chi connectivity index (χ1) is 10.7. The first-order valence-corrected chi connectivity index (χ1v) is 6.71. The van der Waals surface area contributed by atoms with Crippen LogP contribution in [0.2, 0.25) is 0 Å². The Bertz CT molecular complexity index is 599. The van der Waals surface area contributed by atoms with Gasteiger partial charge in [-0.2, -0.15) is 0 Å². The second-order valence-corrected chi connectivity index (χ2v) is 4.56. The van der Waals surface area contributed by atoms with E-state index in [0.29, 0.717) is 5.69 Å². The fourth-order valence-corrected chi connectivity index (χ4v) is 1.86. The molecule has 1 aromatic carbocycles. The summed E-state index contributed by atoms with van der Waals surface area (Å²) in [7, 11) is 1.26. The molecule has 0 saturated heterocycles. The SMILES string of the molecule is COC(=O)[C@@H](Cc1cnc[nH]1)NC(=O)OCc1ccccc1. The topological polar surface area (TPSA) is 93.3 Å². The molecule has 116 valence electrons. The zero-order valence-electron chi connectivity index (χ0n) is 12.1. The summed E-state index contributed by atoms with van der Waals surface area (Å²) >= 11 is 0. The lowest BCUT2D eigenvalue weighted by Gasteiger charge is -2.15. The third-order valence-electron chi connectivity index (χ3n) is 2.97. The molecule has 1 aromatic heterocycles. The number of alkyl carbamates (subject to hydrolysis) is 1. The van der Waals surface area contributed by atoms with Crippen molar-refractivity contribution in [3.8, 4) is 0 Å². The number of aromatic amines is 1. The quantitative estimate of drug-likeness (QED) is 0.787. The van der Waals surface area contributed by atoms with Gasteiger partial charge in [0.15, 0.2) is 0 Å². The minimum Gasteiger partial charge on any atom is -0.467 e. The van der Waals surface area contributed by atoms with Gasteiger partial charge in [-0.15, -0.1) is 0 Å². The van der Waals surface area contributed by atoms with Crippen LogP contribution < -0.4 is 5.32 Å². The van der Waals surface area contributed by atoms with Crippen LogP contribution >= 0.6 is 0 Å². The number of rotatable bonds is 6. The summed E-state index contributed by atoms with van der Waals surface area (Å²) < 4.78 is 9.77. The summed E-state index contributed by atoms with van der Waals surface area (Å²) in [6, 6.07) is 8.43. The molecule has 2 aromatic rings. The van der Waals surface area contributed by atoms with Gasteiger partial charge in [-0.25, -0.2) is 14.6 Å². The summed E-state index contributed by atoms with van der Waals surface area (Å²) in [5.74, 6) is -0.550. The molecule has 0 aliphatic carbocycles. The van der Waals surface area contributed by atoms with Gasteiger partial charge >= 0.3 is 12.1 Å². The number of imidazole rings is 1. The lowest BCUT2D eigenvalue weighted by molar-refractivity contribution is -0.143. The number of amides is 1. The van der Waals surface area contributed by atoms with Gasteiger partial charge in [-0.1, -0.05) is 30.3 Å². The van der Waals surface area contributed by atoms with E-state index in [1.165, 1.54) is 13.4 Å². The summed E-state index contributed by atoms with van der Waals surface area (Å²) in [6.07, 6.45) is 2.64. The molecule has 2 rings (SSSR count). The summed E-state index contributed by atoms with van der Waals surface area (Å²) in [5, 5.41) is 2.49. The van der Waals surface area contributed by atoms with E-state index in [2.05, 4.69) is 20.0 Å². The second-order valence-electron chi connectivity index (χ2n) is 4.56. The van der Waals surface area contributed by atoms with E-state index in [0.717, 1.165) is 5.56 Å². The molecule has 0 bridgehead atoms. The molecule has 1 atom stereocenters. The van der Waals surface area contributed by atoms with Crippen LogP contribution in [-0.4, -0.2) is 35.2 Å². The Hall–Kier alpha value is -2.83. The van der Waals surface area contributed by atoms with Crippen molar-refractivity contribution in [2.75, 3.05) is 7.11 Å². The largest absolute Gasteiger partial charge is 0.467 e. The van der Waals surface area contributed by atoms with Gasteiger partial charge in [0.2, 0.25) is 0 Å². The van der Waals surface area contributed by atoms with Gasteiger partial charge in [0.05, 0.1) is 13.4 Å². The van der Waals surface area contributed by atoms with Crippen molar-refractivity contribution >= 4 is 12.1 Å². The van der Waals surface area contributed by atoms with Gasteiger partial charge in [-0.05, 0) is 5.56 Å². The van der Waals surface area contributed by atoms with Crippen LogP contribution in [0, 0.1) is 0 Å². The predicted octanol–water partition coefficient (Wildman–Crippen LogP) is 1.42. The number of benzene rings is 1. The van der Waals surface area contributed by atoms with E-state index in [1.54, 1.807) is 6.20 Å². The fourth-order valence-electron chi connectivity index (χ4n) is 1.86. The predicted molar refractivity (Wildman–Crippen MR) is 77.9 cm³/mol. The van der Waals surface area contributed by atoms with Crippen molar-refractivity contribution in [2.45, 2.75) is 19.1 Å². The number of carbonyl (C=O) groups excluding carboxylic acids is 2. The van der Waals surface area contributed by atoms with Gasteiger partial charge in [0, 0.05) is 18.3 Å². The number of aromatic nitrogens is 2. The number of nitrogens with zero attached hydrogens (tertiary/aromatic N) is 1. The summed E-state index contributed by atoms with van der Waals surface area (Å²) in [4.78, 5) is 30.3. The number of ether oxygens (including phenoxy) is 2. The summed E-state index contributed by atoms with van der Waals surface area (Å²) in [6.45, 7) is 0.130. The Morgan fingerprint density at radius 3 is 2.73 bits per heavy atom. The van der Waals surface area contributed by atoms with Crippen LogP contribution in [0.5, 0.6) is 0 Å². The Morgan fingerprint density at radius 1 is 1.32 bits per heavy atom. The van der Waals surface area contributed by atoms with Gasteiger partial charge in [0.1, 0.15) is 12.6 Å². The molecule has 0 aliphatic rings. The highest BCUT2D eigenvalue weighted by Gasteiger charge is 2.23. The molecule has 7 nitrogen and oxygen atoms in total. The maximum absolute atomic E-state index is 11.8. The van der Waals surface area contributed by atoms with Crippen molar-refractivity contribution in [3.63, 3.8) is 0 Å². The molecular weight excluding hydrogens is 286 g/mol. The van der Waals surface area contributed by atoms with Crippen LogP contribution in [0.1, 0.15) is 11.3 Å². The average molecular weight is 303 g/mol. The van der Waals surface area contributed by atoms with E-state index in [9.17, 15) is 9.59 Å². The standard InChI is InChI=1S/C15H17N3O4/c1-21-14(19)13(7-12-8-16-10-17-12)18-15(20)22-9-11-5-3-2-4-6-11/h2-6,8,10,13H,7,9H2,1H3,(H,16,17)(H,18,20)/t13-/m1/s1. The molecule has 2 N–H and O–H groups in total. The molecule has 22 heavy (non-hydrogen) atoms. The smallest absolute Gasteiger partial charge is 0.408 e. The lowest BCUT2D eigenvalue weighted by Crippen LogP contribution is -2.43. The third-order valence-corrected chi connectivity index (χ3v) is 2.97. The molecule has 7 heteroatoms. The maximum atomic E-state index is 11.8. The zero-order valence-corrected chi connectivity index (χ0v) is 12.1. The number of H-pyrrole nitrogens is 1. The van der Waals surface area contributed by atoms with E-state index in [4.69, 9.17) is 4.74 Å². The molecular formula is C15H17N3O4. The number of nitrogens with one attached hydrogen (secondary N) is 2. The van der Waals surface area contributed by atoms with E-state index in [-0.39, 0.29) is 13.0 Å². The van der Waals surface area contributed by atoms with Gasteiger partial charge in [0.25, 0.3) is 0 Å². The van der Waals surface area contributed by atoms with E-state index in [1.807, 2.05) is 30.3 Å². The molecule has 0 spiro atoms. The molecule has 0 unspecified atom stereocenters. The number of hydrogen-bond donors (Lipinski definition) is 2. The van der Waals surface area contributed by atoms with Crippen molar-refractivity contribution in [2.24, 2.45) is 0 Å². The highest BCUT2D eigenvalue weighted by atomic mass is 16.6. The van der Waals surface area contributed by atoms with E-state index >= 15 is 0 Å². The van der Waals surface area contributed by atoms with Crippen molar-refractivity contribution in [1.82, 2.24) is 15.3 Å². The van der Waals surface area contributed by atoms with Crippen molar-refractivity contribution in [1.29, 1.82) is 0 Å². The zero-order chi connectivity index (χ0) is 15.8. The van der Waals surface area contributed by atoms with Crippen LogP contribution in [0.25, 0.3) is 0 Å². The highest BCUT2D eigenvalue weighted by molar-refractivity contribution is 5.81. The normalized spacial score (nSPS) is 11.5. The van der Waals surface area contributed by atoms with Gasteiger partial charge < -0.3 is 19.8 Å². The molecule has 0 fully saturated rings. The Balaban J connectivity index is 1.88. The van der Waals surface area contributed by atoms with Crippen LogP contribution in [0.15, 0.2) is 42.9 Å². The number of methoxy groups -OCH3 is 1. The minimum atomic E-state index is -0.839. The number of carbonyl (C=O) groups is 2. The lowest BCUT2D eigenvalue weighted by atomic mass is 10.2. The maximum Gasteiger partial charge on any atom is 0.408 e. The Kier molecular flexibility index (Phi) is 5.53. The van der Waals surface area contributed by atoms with Crippen LogP contribution in [0.4, 0.5) is 4.79 Å². The monoisotopic (exact) mass is 303 g/mol. The number of esters is 1. The fraction of sp³-hybridized carbons (Fsp3) is 0.267. The minimum absolute atomic E-state index is 0.130. The highest BCUT2D eigenvalue weighted by Crippen LogP contribution is 2.03. The Morgan fingerprint density at radius 2 is 2.09 bits per heavy atom. The summed E-state index contributed by atoms with van der Waals surface area (Å²) in [5.41, 5.74) is 1.57. The van der Waals surface area contributed by atoms with Crippen LogP contribution in [0.3, 0.4) is 0 Å². The molecule has 0 saturated carbocycles.